The number of aliphatic hydroxyl groups excluding tert-OH is 1. The Morgan fingerprint density at radius 2 is 2.07 bits per heavy atom. The maximum Gasteiger partial charge on any atom is 0.257 e. The summed E-state index contributed by atoms with van der Waals surface area (Å²) in [6.45, 7) is -0.351. The molecular formula is C9H10ClF2NO. The van der Waals surface area contributed by atoms with Gasteiger partial charge in [-0.15, -0.1) is 0 Å². The third-order valence-electron chi connectivity index (χ3n) is 1.91. The van der Waals surface area contributed by atoms with Crippen molar-refractivity contribution < 1.29 is 13.9 Å². The van der Waals surface area contributed by atoms with Gasteiger partial charge in [0.15, 0.2) is 0 Å². The van der Waals surface area contributed by atoms with Crippen LogP contribution in [0.25, 0.3) is 0 Å². The molecule has 0 saturated heterocycles. The molecule has 0 amide bonds. The molecule has 78 valence electrons. The summed E-state index contributed by atoms with van der Waals surface area (Å²) in [5.74, 6) is 0. The zero-order valence-electron chi connectivity index (χ0n) is 7.25. The molecule has 1 aromatic rings. The van der Waals surface area contributed by atoms with E-state index in [0.29, 0.717) is 10.6 Å². The van der Waals surface area contributed by atoms with E-state index in [1.54, 1.807) is 0 Å². The lowest BCUT2D eigenvalue weighted by molar-refractivity contribution is 0.115. The number of benzene rings is 1. The third-order valence-corrected chi connectivity index (χ3v) is 2.14. The topological polar surface area (TPSA) is 46.2 Å². The molecular weight excluding hydrogens is 212 g/mol. The van der Waals surface area contributed by atoms with E-state index >= 15 is 0 Å². The molecule has 0 aliphatic rings. The number of rotatable bonds is 3. The van der Waals surface area contributed by atoms with Gasteiger partial charge in [0, 0.05) is 5.02 Å². The van der Waals surface area contributed by atoms with Crippen LogP contribution in [-0.4, -0.2) is 11.5 Å². The molecule has 14 heavy (non-hydrogen) atoms. The Bertz CT molecular complexity index is 320. The van der Waals surface area contributed by atoms with Crippen molar-refractivity contribution in [3.63, 3.8) is 0 Å². The van der Waals surface area contributed by atoms with Crippen LogP contribution in [-0.2, 0) is 6.61 Å². The van der Waals surface area contributed by atoms with Crippen LogP contribution in [0.4, 0.5) is 8.78 Å². The van der Waals surface area contributed by atoms with Gasteiger partial charge in [-0.05, 0) is 23.3 Å². The fraction of sp³-hybridized carbons (Fsp3) is 0.333. The van der Waals surface area contributed by atoms with Gasteiger partial charge in [-0.2, -0.15) is 0 Å². The highest BCUT2D eigenvalue weighted by molar-refractivity contribution is 6.30. The number of hydrogen-bond donors (Lipinski definition) is 2. The van der Waals surface area contributed by atoms with E-state index in [4.69, 9.17) is 22.4 Å². The second kappa shape index (κ2) is 4.68. The van der Waals surface area contributed by atoms with E-state index in [9.17, 15) is 8.78 Å². The Balaban J connectivity index is 3.07. The Hall–Kier alpha value is -0.710. The van der Waals surface area contributed by atoms with Crippen LogP contribution in [0, 0.1) is 0 Å². The minimum atomic E-state index is -2.65. The van der Waals surface area contributed by atoms with E-state index in [0.717, 1.165) is 0 Å². The molecule has 0 heterocycles. The van der Waals surface area contributed by atoms with Gasteiger partial charge in [0.1, 0.15) is 0 Å². The van der Waals surface area contributed by atoms with Gasteiger partial charge in [0.05, 0.1) is 12.6 Å². The molecule has 0 radical (unpaired) electrons. The summed E-state index contributed by atoms with van der Waals surface area (Å²) in [7, 11) is 0. The van der Waals surface area contributed by atoms with E-state index in [1.807, 2.05) is 0 Å². The number of alkyl halides is 2. The van der Waals surface area contributed by atoms with Gasteiger partial charge in [0.2, 0.25) is 0 Å². The average molecular weight is 222 g/mol. The van der Waals surface area contributed by atoms with Crippen molar-refractivity contribution in [3.05, 3.63) is 34.3 Å². The molecule has 0 aromatic heterocycles. The maximum absolute atomic E-state index is 12.3. The number of hydrogen-bond acceptors (Lipinski definition) is 2. The van der Waals surface area contributed by atoms with Crippen molar-refractivity contribution in [2.24, 2.45) is 5.73 Å². The highest BCUT2D eigenvalue weighted by atomic mass is 35.5. The third kappa shape index (κ3) is 2.41. The highest BCUT2D eigenvalue weighted by Gasteiger charge is 2.20. The van der Waals surface area contributed by atoms with Gasteiger partial charge in [-0.25, -0.2) is 8.78 Å². The maximum atomic E-state index is 12.3. The first-order chi connectivity index (χ1) is 6.56. The van der Waals surface area contributed by atoms with Crippen LogP contribution in [0.5, 0.6) is 0 Å². The number of nitrogens with two attached hydrogens (primary N) is 1. The summed E-state index contributed by atoms with van der Waals surface area (Å²) in [6, 6.07) is 2.93. The van der Waals surface area contributed by atoms with Gasteiger partial charge in [-0.1, -0.05) is 17.7 Å². The van der Waals surface area contributed by atoms with Crippen molar-refractivity contribution in [2.45, 2.75) is 19.1 Å². The van der Waals surface area contributed by atoms with Gasteiger partial charge in [0.25, 0.3) is 6.43 Å². The lowest BCUT2D eigenvalue weighted by Crippen LogP contribution is -2.20. The predicted octanol–water partition coefficient (Wildman–Crippen LogP) is 2.10. The smallest absolute Gasteiger partial charge is 0.257 e. The number of aliphatic hydroxyl groups is 1. The SMILES string of the molecule is NC(c1ccc(Cl)cc1CO)C(F)F. The lowest BCUT2D eigenvalue weighted by atomic mass is 10.0. The van der Waals surface area contributed by atoms with Crippen molar-refractivity contribution in [3.8, 4) is 0 Å². The first-order valence-electron chi connectivity index (χ1n) is 3.99. The normalized spacial score (nSPS) is 13.3. The van der Waals surface area contributed by atoms with E-state index in [1.165, 1.54) is 18.2 Å². The van der Waals surface area contributed by atoms with E-state index < -0.39 is 12.5 Å². The Morgan fingerprint density at radius 1 is 1.43 bits per heavy atom. The van der Waals surface area contributed by atoms with Crippen molar-refractivity contribution in [1.82, 2.24) is 0 Å². The fourth-order valence-corrected chi connectivity index (χ4v) is 1.37. The summed E-state index contributed by atoms with van der Waals surface area (Å²) < 4.78 is 24.6. The van der Waals surface area contributed by atoms with Gasteiger partial charge in [-0.3, -0.25) is 0 Å². The zero-order chi connectivity index (χ0) is 10.7. The summed E-state index contributed by atoms with van der Waals surface area (Å²) in [5, 5.41) is 9.30. The molecule has 3 N–H and O–H groups in total. The highest BCUT2D eigenvalue weighted by Crippen LogP contribution is 2.24. The minimum absolute atomic E-state index is 0.229. The Labute approximate surface area is 85.3 Å². The fourth-order valence-electron chi connectivity index (χ4n) is 1.17. The predicted molar refractivity (Wildman–Crippen MR) is 50.3 cm³/mol. The second-order valence-corrected chi connectivity index (χ2v) is 3.30. The van der Waals surface area contributed by atoms with E-state index in [-0.39, 0.29) is 12.2 Å². The largest absolute Gasteiger partial charge is 0.392 e. The molecule has 0 spiro atoms. The molecule has 0 fully saturated rings. The van der Waals surface area contributed by atoms with Gasteiger partial charge >= 0.3 is 0 Å². The van der Waals surface area contributed by atoms with Crippen LogP contribution < -0.4 is 5.73 Å². The van der Waals surface area contributed by atoms with Crippen molar-refractivity contribution in [1.29, 1.82) is 0 Å². The molecule has 0 bridgehead atoms. The monoisotopic (exact) mass is 221 g/mol. The van der Waals surface area contributed by atoms with Crippen molar-refractivity contribution in [2.75, 3.05) is 0 Å². The minimum Gasteiger partial charge on any atom is -0.392 e. The van der Waals surface area contributed by atoms with Crippen LogP contribution in [0.3, 0.4) is 0 Å². The summed E-state index contributed by atoms with van der Waals surface area (Å²) in [6.07, 6.45) is -2.65. The molecule has 1 atom stereocenters. The lowest BCUT2D eigenvalue weighted by Gasteiger charge is -2.14. The van der Waals surface area contributed by atoms with Crippen LogP contribution in [0.1, 0.15) is 17.2 Å². The summed E-state index contributed by atoms with van der Waals surface area (Å²) in [4.78, 5) is 0. The second-order valence-electron chi connectivity index (χ2n) is 2.86. The van der Waals surface area contributed by atoms with Crippen LogP contribution in [0.2, 0.25) is 5.02 Å². The van der Waals surface area contributed by atoms with E-state index in [2.05, 4.69) is 0 Å². The first kappa shape index (κ1) is 11.4. The summed E-state index contributed by atoms with van der Waals surface area (Å²) in [5.41, 5.74) is 5.83. The van der Waals surface area contributed by atoms with Gasteiger partial charge < -0.3 is 10.8 Å². The quantitative estimate of drug-likeness (QED) is 0.821. The molecule has 0 aliphatic heterocycles. The zero-order valence-corrected chi connectivity index (χ0v) is 8.01. The molecule has 0 saturated carbocycles. The molecule has 1 unspecified atom stereocenters. The number of halogens is 3. The Kier molecular flexibility index (Phi) is 3.80. The molecule has 1 rings (SSSR count). The molecule has 1 aromatic carbocycles. The standard InChI is InChI=1S/C9H10ClF2NO/c10-6-1-2-7(5(3-6)4-14)8(13)9(11)12/h1-3,8-9,14H,4,13H2. The van der Waals surface area contributed by atoms with Crippen LogP contribution >= 0.6 is 11.6 Å². The molecule has 2 nitrogen and oxygen atoms in total. The average Bonchev–Trinajstić information content (AvgIpc) is 2.16. The molecule has 5 heteroatoms. The summed E-state index contributed by atoms with van der Waals surface area (Å²) >= 11 is 5.64. The van der Waals surface area contributed by atoms with Crippen LogP contribution in [0.15, 0.2) is 18.2 Å². The first-order valence-corrected chi connectivity index (χ1v) is 4.37. The molecule has 0 aliphatic carbocycles. The Morgan fingerprint density at radius 3 is 2.57 bits per heavy atom. The van der Waals surface area contributed by atoms with Crippen molar-refractivity contribution >= 4 is 11.6 Å².